The van der Waals surface area contributed by atoms with Crippen molar-refractivity contribution in [3.63, 3.8) is 0 Å². The molecule has 0 unspecified atom stereocenters. The molecule has 0 spiro atoms. The predicted molar refractivity (Wildman–Crippen MR) is 67.5 cm³/mol. The number of H-pyrrole nitrogens is 1. The van der Waals surface area contributed by atoms with Gasteiger partial charge < -0.3 is 10.7 Å². The summed E-state index contributed by atoms with van der Waals surface area (Å²) in [5.74, 6) is 1.69. The van der Waals surface area contributed by atoms with Crippen LogP contribution in [0.1, 0.15) is 11.5 Å². The largest absolute Gasteiger partial charge is 0.344 e. The van der Waals surface area contributed by atoms with E-state index in [1.54, 1.807) is 18.0 Å². The van der Waals surface area contributed by atoms with E-state index in [2.05, 4.69) is 9.97 Å². The Hall–Kier alpha value is -0.970. The third-order valence-corrected chi connectivity index (χ3v) is 3.63. The van der Waals surface area contributed by atoms with Gasteiger partial charge in [-0.2, -0.15) is 0 Å². The van der Waals surface area contributed by atoms with Crippen molar-refractivity contribution in [2.45, 2.75) is 17.2 Å². The molecule has 0 bridgehead atoms. The Bertz CT molecular complexity index is 470. The summed E-state index contributed by atoms with van der Waals surface area (Å²) in [6, 6.07) is 7.78. The average Bonchev–Trinajstić information content (AvgIpc) is 2.76. The molecule has 0 fully saturated rings. The molecule has 0 amide bonds. The molecule has 1 aromatic heterocycles. The van der Waals surface area contributed by atoms with Crippen molar-refractivity contribution < 1.29 is 0 Å². The Balaban J connectivity index is 1.99. The van der Waals surface area contributed by atoms with Gasteiger partial charge in [0.15, 0.2) is 0 Å². The van der Waals surface area contributed by atoms with E-state index < -0.39 is 0 Å². The Kier molecular flexibility index (Phi) is 3.88. The molecule has 2 rings (SSSR count). The van der Waals surface area contributed by atoms with E-state index in [1.165, 1.54) is 0 Å². The Morgan fingerprint density at radius 3 is 2.88 bits per heavy atom. The first-order valence-corrected chi connectivity index (χ1v) is 6.26. The number of nitrogens with one attached hydrogen (secondary N) is 1. The summed E-state index contributed by atoms with van der Waals surface area (Å²) in [6.07, 6.45) is 1.77. The summed E-state index contributed by atoms with van der Waals surface area (Å²) >= 11 is 7.71. The molecular weight excluding hydrogens is 242 g/mol. The van der Waals surface area contributed by atoms with E-state index in [0.29, 0.717) is 6.54 Å². The molecule has 0 saturated carbocycles. The molecule has 1 heterocycles. The molecule has 3 nitrogen and oxygen atoms in total. The van der Waals surface area contributed by atoms with Gasteiger partial charge in [0, 0.05) is 23.3 Å². The maximum absolute atomic E-state index is 6.05. The molecule has 0 aliphatic rings. The van der Waals surface area contributed by atoms with Crippen LogP contribution in [0.15, 0.2) is 35.4 Å². The quantitative estimate of drug-likeness (QED) is 0.824. The van der Waals surface area contributed by atoms with Crippen molar-refractivity contribution in [2.24, 2.45) is 5.73 Å². The number of rotatable bonds is 4. The number of imidazole rings is 1. The normalized spacial score (nSPS) is 10.6. The Morgan fingerprint density at radius 2 is 2.19 bits per heavy atom. The third kappa shape index (κ3) is 2.78. The summed E-state index contributed by atoms with van der Waals surface area (Å²) in [7, 11) is 0. The van der Waals surface area contributed by atoms with Gasteiger partial charge >= 0.3 is 0 Å². The second-order valence-corrected chi connectivity index (χ2v) is 4.70. The summed E-state index contributed by atoms with van der Waals surface area (Å²) in [5.41, 5.74) is 6.45. The highest BCUT2D eigenvalue weighted by Crippen LogP contribution is 2.28. The van der Waals surface area contributed by atoms with Crippen LogP contribution in [0.3, 0.4) is 0 Å². The summed E-state index contributed by atoms with van der Waals surface area (Å²) in [4.78, 5) is 8.45. The molecule has 0 radical (unpaired) electrons. The lowest BCUT2D eigenvalue weighted by Gasteiger charge is -2.01. The first kappa shape index (κ1) is 11.5. The first-order valence-electron chi connectivity index (χ1n) is 4.89. The second kappa shape index (κ2) is 5.39. The van der Waals surface area contributed by atoms with Gasteiger partial charge in [0.1, 0.15) is 5.82 Å². The van der Waals surface area contributed by atoms with E-state index in [1.807, 2.05) is 24.3 Å². The van der Waals surface area contributed by atoms with Crippen LogP contribution in [-0.2, 0) is 12.3 Å². The van der Waals surface area contributed by atoms with Crippen molar-refractivity contribution >= 4 is 23.4 Å². The number of aromatic nitrogens is 2. The average molecular weight is 254 g/mol. The lowest BCUT2D eigenvalue weighted by atomic mass is 10.4. The fourth-order valence-electron chi connectivity index (χ4n) is 1.29. The van der Waals surface area contributed by atoms with Gasteiger partial charge in [-0.1, -0.05) is 23.7 Å². The molecule has 5 heteroatoms. The van der Waals surface area contributed by atoms with Crippen molar-refractivity contribution in [3.8, 4) is 0 Å². The zero-order valence-corrected chi connectivity index (χ0v) is 10.2. The van der Waals surface area contributed by atoms with Crippen molar-refractivity contribution in [2.75, 3.05) is 0 Å². The summed E-state index contributed by atoms with van der Waals surface area (Å²) < 4.78 is 0. The van der Waals surface area contributed by atoms with Crippen LogP contribution >= 0.6 is 23.4 Å². The van der Waals surface area contributed by atoms with E-state index in [0.717, 1.165) is 27.2 Å². The SMILES string of the molecule is NCc1cnc(CSc2ccccc2Cl)[nH]1. The van der Waals surface area contributed by atoms with E-state index in [4.69, 9.17) is 17.3 Å². The number of thioether (sulfide) groups is 1. The fourth-order valence-corrected chi connectivity index (χ4v) is 2.41. The maximum Gasteiger partial charge on any atom is 0.116 e. The highest BCUT2D eigenvalue weighted by molar-refractivity contribution is 7.98. The minimum Gasteiger partial charge on any atom is -0.344 e. The lowest BCUT2D eigenvalue weighted by Crippen LogP contribution is -1.96. The van der Waals surface area contributed by atoms with Crippen LogP contribution in [0, 0.1) is 0 Å². The van der Waals surface area contributed by atoms with Crippen molar-refractivity contribution in [1.29, 1.82) is 0 Å². The number of nitrogens with two attached hydrogens (primary N) is 1. The summed E-state index contributed by atoms with van der Waals surface area (Å²) in [5, 5.41) is 0.776. The minimum absolute atomic E-state index is 0.490. The second-order valence-electron chi connectivity index (χ2n) is 3.28. The zero-order valence-electron chi connectivity index (χ0n) is 8.61. The molecule has 0 saturated heterocycles. The summed E-state index contributed by atoms with van der Waals surface area (Å²) in [6.45, 7) is 0.490. The zero-order chi connectivity index (χ0) is 11.4. The van der Waals surface area contributed by atoms with Crippen LogP contribution in [0.25, 0.3) is 0 Å². The number of aromatic amines is 1. The molecule has 84 valence electrons. The minimum atomic E-state index is 0.490. The third-order valence-electron chi connectivity index (χ3n) is 2.10. The van der Waals surface area contributed by atoms with Gasteiger partial charge in [0.2, 0.25) is 0 Å². The number of benzene rings is 1. The van der Waals surface area contributed by atoms with Crippen LogP contribution in [0.4, 0.5) is 0 Å². The number of hydrogen-bond acceptors (Lipinski definition) is 3. The van der Waals surface area contributed by atoms with Gasteiger partial charge in [0.05, 0.1) is 10.8 Å². The van der Waals surface area contributed by atoms with Crippen LogP contribution in [0.2, 0.25) is 5.02 Å². The highest BCUT2D eigenvalue weighted by Gasteiger charge is 2.03. The van der Waals surface area contributed by atoms with Gasteiger partial charge in [-0.3, -0.25) is 0 Å². The fraction of sp³-hybridized carbons (Fsp3) is 0.182. The molecule has 3 N–H and O–H groups in total. The molecule has 2 aromatic rings. The molecular formula is C11H12ClN3S. The molecule has 0 aliphatic carbocycles. The van der Waals surface area contributed by atoms with Gasteiger partial charge in [-0.05, 0) is 12.1 Å². The molecule has 16 heavy (non-hydrogen) atoms. The first-order chi connectivity index (χ1) is 7.79. The lowest BCUT2D eigenvalue weighted by molar-refractivity contribution is 0.993. The Labute approximate surface area is 103 Å². The standard InChI is InChI=1S/C11H12ClN3S/c12-9-3-1-2-4-10(9)16-7-11-14-6-8(5-13)15-11/h1-4,6H,5,7,13H2,(H,14,15). The number of hydrogen-bond donors (Lipinski definition) is 2. The Morgan fingerprint density at radius 1 is 1.38 bits per heavy atom. The molecule has 0 atom stereocenters. The smallest absolute Gasteiger partial charge is 0.116 e. The van der Waals surface area contributed by atoms with Gasteiger partial charge in [-0.15, -0.1) is 11.8 Å². The predicted octanol–water partition coefficient (Wildman–Crippen LogP) is 2.81. The van der Waals surface area contributed by atoms with E-state index >= 15 is 0 Å². The van der Waals surface area contributed by atoms with Gasteiger partial charge in [-0.25, -0.2) is 4.98 Å². The van der Waals surface area contributed by atoms with Crippen LogP contribution in [0.5, 0.6) is 0 Å². The number of nitrogens with zero attached hydrogens (tertiary/aromatic N) is 1. The van der Waals surface area contributed by atoms with E-state index in [-0.39, 0.29) is 0 Å². The molecule has 0 aliphatic heterocycles. The van der Waals surface area contributed by atoms with Crippen molar-refractivity contribution in [1.82, 2.24) is 9.97 Å². The molecule has 1 aromatic carbocycles. The number of halogens is 1. The van der Waals surface area contributed by atoms with Crippen molar-refractivity contribution in [3.05, 3.63) is 47.0 Å². The topological polar surface area (TPSA) is 54.7 Å². The maximum atomic E-state index is 6.05. The van der Waals surface area contributed by atoms with Gasteiger partial charge in [0.25, 0.3) is 0 Å². The van der Waals surface area contributed by atoms with E-state index in [9.17, 15) is 0 Å². The van der Waals surface area contributed by atoms with Crippen LogP contribution < -0.4 is 5.73 Å². The van der Waals surface area contributed by atoms with Crippen LogP contribution in [-0.4, -0.2) is 9.97 Å². The monoisotopic (exact) mass is 253 g/mol. The highest BCUT2D eigenvalue weighted by atomic mass is 35.5.